The summed E-state index contributed by atoms with van der Waals surface area (Å²) >= 11 is 3.12. The van der Waals surface area contributed by atoms with Gasteiger partial charge in [-0.2, -0.15) is 0 Å². The van der Waals surface area contributed by atoms with Crippen molar-refractivity contribution in [3.05, 3.63) is 0 Å². The minimum absolute atomic E-state index is 0.0788. The third kappa shape index (κ3) is 4.42. The molecule has 1 fully saturated rings. The fourth-order valence-electron chi connectivity index (χ4n) is 1.89. The van der Waals surface area contributed by atoms with Crippen LogP contribution in [-0.2, 0) is 4.79 Å². The topological polar surface area (TPSA) is 32.3 Å². The van der Waals surface area contributed by atoms with Gasteiger partial charge in [0.2, 0.25) is 5.91 Å². The molecule has 3 nitrogen and oxygen atoms in total. The summed E-state index contributed by atoms with van der Waals surface area (Å²) in [6, 6.07) is 0. The molecule has 1 aliphatic rings. The van der Waals surface area contributed by atoms with E-state index in [-0.39, 0.29) is 5.91 Å². The van der Waals surface area contributed by atoms with Crippen molar-refractivity contribution in [3.8, 4) is 0 Å². The van der Waals surface area contributed by atoms with Gasteiger partial charge in [0.25, 0.3) is 0 Å². The summed E-state index contributed by atoms with van der Waals surface area (Å²) in [5.41, 5.74) is 0. The number of carbonyl (C=O) groups is 1. The summed E-state index contributed by atoms with van der Waals surface area (Å²) in [7, 11) is 0. The molecule has 0 aromatic heterocycles. The highest BCUT2D eigenvalue weighted by atomic mass is 79.9. The molecule has 1 rings (SSSR count). The van der Waals surface area contributed by atoms with E-state index in [0.29, 0.717) is 5.33 Å². The fraction of sp³-hybridized carbons (Fsp3) is 0.900. The summed E-state index contributed by atoms with van der Waals surface area (Å²) in [6.07, 6.45) is 2.65. The Bertz CT molecular complexity index is 187. The van der Waals surface area contributed by atoms with Crippen molar-refractivity contribution < 1.29 is 4.79 Å². The van der Waals surface area contributed by atoms with E-state index < -0.39 is 0 Å². The number of nitrogens with one attached hydrogen (secondary N) is 1. The molecule has 0 aromatic rings. The van der Waals surface area contributed by atoms with Gasteiger partial charge >= 0.3 is 0 Å². The van der Waals surface area contributed by atoms with Crippen molar-refractivity contribution in [2.75, 3.05) is 31.5 Å². The van der Waals surface area contributed by atoms with Gasteiger partial charge in [0.15, 0.2) is 0 Å². The molecule has 1 heterocycles. The summed E-state index contributed by atoms with van der Waals surface area (Å²) < 4.78 is 0. The molecule has 4 heteroatoms. The van der Waals surface area contributed by atoms with Crippen LogP contribution in [-0.4, -0.2) is 42.3 Å². The van der Waals surface area contributed by atoms with Crippen LogP contribution in [0.2, 0.25) is 0 Å². The number of amides is 1. The Morgan fingerprint density at radius 2 is 2.43 bits per heavy atom. The van der Waals surface area contributed by atoms with Crippen molar-refractivity contribution in [2.24, 2.45) is 5.92 Å². The lowest BCUT2D eigenvalue weighted by molar-refractivity contribution is -0.118. The Morgan fingerprint density at radius 3 is 3.07 bits per heavy atom. The Morgan fingerprint density at radius 1 is 1.64 bits per heavy atom. The van der Waals surface area contributed by atoms with Crippen LogP contribution < -0.4 is 5.32 Å². The van der Waals surface area contributed by atoms with Gasteiger partial charge in [-0.15, -0.1) is 0 Å². The lowest BCUT2D eigenvalue weighted by Gasteiger charge is -2.30. The maximum Gasteiger partial charge on any atom is 0.230 e. The van der Waals surface area contributed by atoms with Crippen molar-refractivity contribution in [1.82, 2.24) is 10.2 Å². The van der Waals surface area contributed by atoms with Crippen LogP contribution in [0.15, 0.2) is 0 Å². The Hall–Kier alpha value is -0.0900. The summed E-state index contributed by atoms with van der Waals surface area (Å²) in [4.78, 5) is 13.4. The second-order valence-corrected chi connectivity index (χ2v) is 4.59. The molecule has 0 saturated carbocycles. The van der Waals surface area contributed by atoms with E-state index in [1.165, 1.54) is 25.9 Å². The predicted molar refractivity (Wildman–Crippen MR) is 61.6 cm³/mol. The number of alkyl halides is 1. The number of hydrogen-bond acceptors (Lipinski definition) is 2. The average Bonchev–Trinajstić information content (AvgIpc) is 2.17. The zero-order valence-corrected chi connectivity index (χ0v) is 10.3. The van der Waals surface area contributed by atoms with Crippen molar-refractivity contribution in [3.63, 3.8) is 0 Å². The number of hydrogen-bond donors (Lipinski definition) is 1. The number of piperidine rings is 1. The highest BCUT2D eigenvalue weighted by molar-refractivity contribution is 9.09. The van der Waals surface area contributed by atoms with Gasteiger partial charge in [-0.05, 0) is 25.3 Å². The normalized spacial score (nSPS) is 23.4. The van der Waals surface area contributed by atoms with Gasteiger partial charge in [0.05, 0.1) is 5.33 Å². The van der Waals surface area contributed by atoms with E-state index in [4.69, 9.17) is 0 Å². The second-order valence-electron chi connectivity index (χ2n) is 4.03. The number of carbonyl (C=O) groups excluding carboxylic acids is 1. The van der Waals surface area contributed by atoms with Gasteiger partial charge in [-0.3, -0.25) is 4.79 Å². The lowest BCUT2D eigenvalue weighted by atomic mass is 10.0. The molecule has 0 bridgehead atoms. The zero-order chi connectivity index (χ0) is 10.4. The minimum atomic E-state index is 0.0788. The largest absolute Gasteiger partial charge is 0.354 e. The smallest absolute Gasteiger partial charge is 0.230 e. The summed E-state index contributed by atoms with van der Waals surface area (Å²) in [5.74, 6) is 0.894. The van der Waals surface area contributed by atoms with Crippen LogP contribution in [0.4, 0.5) is 0 Å². The molecule has 1 amide bonds. The van der Waals surface area contributed by atoms with Gasteiger partial charge < -0.3 is 10.2 Å². The molecule has 0 aromatic carbocycles. The van der Waals surface area contributed by atoms with E-state index in [0.717, 1.165) is 19.0 Å². The van der Waals surface area contributed by atoms with E-state index in [1.54, 1.807) is 0 Å². The first kappa shape index (κ1) is 12.0. The molecule has 0 spiro atoms. The molecule has 1 aliphatic heterocycles. The molecule has 0 aliphatic carbocycles. The first-order valence-electron chi connectivity index (χ1n) is 5.27. The first-order chi connectivity index (χ1) is 6.72. The zero-order valence-electron chi connectivity index (χ0n) is 8.76. The number of rotatable bonds is 4. The summed E-state index contributed by atoms with van der Waals surface area (Å²) in [6.45, 7) is 6.43. The van der Waals surface area contributed by atoms with Gasteiger partial charge in [-0.1, -0.05) is 22.9 Å². The standard InChI is InChI=1S/C10H19BrN2O/c1-9-3-2-5-13(8-9)6-4-12-10(14)7-11/h9H,2-8H2,1H3,(H,12,14). The second kappa shape index (κ2) is 6.40. The van der Waals surface area contributed by atoms with Crippen LogP contribution in [0.3, 0.4) is 0 Å². The van der Waals surface area contributed by atoms with E-state index in [1.807, 2.05) is 0 Å². The quantitative estimate of drug-likeness (QED) is 0.774. The highest BCUT2D eigenvalue weighted by Crippen LogP contribution is 2.14. The van der Waals surface area contributed by atoms with Gasteiger partial charge in [0, 0.05) is 19.6 Å². The molecule has 1 N–H and O–H groups in total. The molecular formula is C10H19BrN2O. The third-order valence-electron chi connectivity index (χ3n) is 2.61. The monoisotopic (exact) mass is 262 g/mol. The fourth-order valence-corrected chi connectivity index (χ4v) is 2.09. The van der Waals surface area contributed by atoms with Gasteiger partial charge in [0.1, 0.15) is 0 Å². The average molecular weight is 263 g/mol. The van der Waals surface area contributed by atoms with Crippen molar-refractivity contribution in [2.45, 2.75) is 19.8 Å². The molecule has 82 valence electrons. The lowest BCUT2D eigenvalue weighted by Crippen LogP contribution is -2.40. The number of likely N-dealkylation sites (tertiary alicyclic amines) is 1. The van der Waals surface area contributed by atoms with Crippen LogP contribution in [0.5, 0.6) is 0 Å². The third-order valence-corrected chi connectivity index (χ3v) is 3.12. The van der Waals surface area contributed by atoms with E-state index in [9.17, 15) is 4.79 Å². The maximum atomic E-state index is 10.9. The SMILES string of the molecule is CC1CCCN(CCNC(=O)CBr)C1. The molecule has 1 atom stereocenters. The molecule has 1 saturated heterocycles. The summed E-state index contributed by atoms with van der Waals surface area (Å²) in [5, 5.41) is 3.27. The van der Waals surface area contributed by atoms with Crippen LogP contribution in [0, 0.1) is 5.92 Å². The Labute approximate surface area is 94.4 Å². The van der Waals surface area contributed by atoms with Crippen LogP contribution >= 0.6 is 15.9 Å². The number of halogens is 1. The molecule has 0 radical (unpaired) electrons. The van der Waals surface area contributed by atoms with E-state index in [2.05, 4.69) is 33.1 Å². The van der Waals surface area contributed by atoms with Crippen molar-refractivity contribution in [1.29, 1.82) is 0 Å². The predicted octanol–water partition coefficient (Wildman–Crippen LogP) is 1.23. The molecule has 14 heavy (non-hydrogen) atoms. The van der Waals surface area contributed by atoms with Crippen LogP contribution in [0.25, 0.3) is 0 Å². The molecule has 1 unspecified atom stereocenters. The van der Waals surface area contributed by atoms with E-state index >= 15 is 0 Å². The highest BCUT2D eigenvalue weighted by Gasteiger charge is 2.15. The van der Waals surface area contributed by atoms with Crippen molar-refractivity contribution >= 4 is 21.8 Å². The Kier molecular flexibility index (Phi) is 5.48. The maximum absolute atomic E-state index is 10.9. The number of nitrogens with zero attached hydrogens (tertiary/aromatic N) is 1. The first-order valence-corrected chi connectivity index (χ1v) is 6.39. The molecular weight excluding hydrogens is 244 g/mol. The van der Waals surface area contributed by atoms with Crippen LogP contribution in [0.1, 0.15) is 19.8 Å². The minimum Gasteiger partial charge on any atom is -0.354 e. The Balaban J connectivity index is 2.08. The van der Waals surface area contributed by atoms with Gasteiger partial charge in [-0.25, -0.2) is 0 Å².